The summed E-state index contributed by atoms with van der Waals surface area (Å²) in [5, 5.41) is 3.35. The molecular weight excluding hydrogens is 460 g/mol. The molecule has 1 amide bonds. The molecule has 2 heterocycles. The van der Waals surface area contributed by atoms with Crippen LogP contribution in [0.5, 0.6) is 0 Å². The van der Waals surface area contributed by atoms with Gasteiger partial charge in [0.25, 0.3) is 10.0 Å². The first-order chi connectivity index (χ1) is 13.1. The fourth-order valence-corrected chi connectivity index (χ4v) is 9.27. The Hall–Kier alpha value is -0.440. The number of halogens is 1. The van der Waals surface area contributed by atoms with Crippen molar-refractivity contribution in [2.45, 2.75) is 63.1 Å². The first-order valence-corrected chi connectivity index (χ1v) is 13.2. The van der Waals surface area contributed by atoms with Crippen molar-refractivity contribution in [3.05, 3.63) is 15.9 Å². The summed E-state index contributed by atoms with van der Waals surface area (Å²) in [4.78, 5) is 12.9. The number of hydrogen-bond donors (Lipinski definition) is 1. The Balaban J connectivity index is 1.36. The predicted molar refractivity (Wildman–Crippen MR) is 115 cm³/mol. The van der Waals surface area contributed by atoms with E-state index < -0.39 is 10.0 Å². The molecule has 4 rings (SSSR count). The monoisotopic (exact) mass is 488 g/mol. The Morgan fingerprint density at radius 1 is 1.21 bits per heavy atom. The van der Waals surface area contributed by atoms with Crippen molar-refractivity contribution in [2.24, 2.45) is 22.7 Å². The molecule has 2 saturated carbocycles. The second kappa shape index (κ2) is 7.06. The summed E-state index contributed by atoms with van der Waals surface area (Å²) in [6, 6.07) is 3.65. The van der Waals surface area contributed by atoms with Crippen molar-refractivity contribution in [1.82, 2.24) is 9.62 Å². The van der Waals surface area contributed by atoms with E-state index in [4.69, 9.17) is 0 Å². The van der Waals surface area contributed by atoms with E-state index in [2.05, 4.69) is 42.0 Å². The van der Waals surface area contributed by atoms with Crippen molar-refractivity contribution < 1.29 is 13.2 Å². The predicted octanol–water partition coefficient (Wildman–Crippen LogP) is 4.24. The van der Waals surface area contributed by atoms with E-state index >= 15 is 0 Å². The highest BCUT2D eigenvalue weighted by Crippen LogP contribution is 2.65. The molecule has 0 spiro atoms. The van der Waals surface area contributed by atoms with Gasteiger partial charge in [-0.15, -0.1) is 11.3 Å². The number of hydrogen-bond acceptors (Lipinski definition) is 4. The molecule has 2 aliphatic carbocycles. The van der Waals surface area contributed by atoms with Crippen molar-refractivity contribution in [1.29, 1.82) is 0 Å². The zero-order valence-corrected chi connectivity index (χ0v) is 19.9. The highest BCUT2D eigenvalue weighted by atomic mass is 79.9. The lowest BCUT2D eigenvalue weighted by atomic mass is 9.69. The molecular formula is C20H29BrN2O3S2. The molecule has 3 atom stereocenters. The highest BCUT2D eigenvalue weighted by molar-refractivity contribution is 9.11. The number of piperidine rings is 1. The van der Waals surface area contributed by atoms with Crippen LogP contribution in [0.15, 0.2) is 20.1 Å². The number of carbonyl (C=O) groups excluding carboxylic acids is 1. The van der Waals surface area contributed by atoms with E-state index in [-0.39, 0.29) is 28.7 Å². The summed E-state index contributed by atoms with van der Waals surface area (Å²) in [7, 11) is -3.45. The van der Waals surface area contributed by atoms with Gasteiger partial charge in [-0.2, -0.15) is 4.31 Å². The number of carbonyl (C=O) groups is 1. The molecule has 0 aromatic carbocycles. The van der Waals surface area contributed by atoms with Gasteiger partial charge in [0.15, 0.2) is 0 Å². The van der Waals surface area contributed by atoms with Gasteiger partial charge in [-0.25, -0.2) is 8.42 Å². The van der Waals surface area contributed by atoms with E-state index in [9.17, 15) is 13.2 Å². The van der Waals surface area contributed by atoms with Crippen LogP contribution in [0.2, 0.25) is 0 Å². The summed E-state index contributed by atoms with van der Waals surface area (Å²) in [6.45, 7) is 7.85. The lowest BCUT2D eigenvalue weighted by Gasteiger charge is -2.40. The normalized spacial score (nSPS) is 33.3. The van der Waals surface area contributed by atoms with E-state index in [1.807, 2.05) is 0 Å². The zero-order chi connectivity index (χ0) is 20.3. The van der Waals surface area contributed by atoms with Crippen LogP contribution in [-0.4, -0.2) is 37.8 Å². The summed E-state index contributed by atoms with van der Waals surface area (Å²) < 4.78 is 28.2. The molecule has 8 heteroatoms. The molecule has 0 radical (unpaired) electrons. The van der Waals surface area contributed by atoms with E-state index in [0.717, 1.165) is 10.2 Å². The summed E-state index contributed by atoms with van der Waals surface area (Å²) in [5.41, 5.74) is 0.446. The second-order valence-electron chi connectivity index (χ2n) is 9.41. The van der Waals surface area contributed by atoms with Crippen molar-refractivity contribution in [3.8, 4) is 0 Å². The minimum absolute atomic E-state index is 0.0904. The molecule has 3 aliphatic rings. The first kappa shape index (κ1) is 20.8. The Labute approximate surface area is 180 Å². The summed E-state index contributed by atoms with van der Waals surface area (Å²) >= 11 is 4.56. The summed E-state index contributed by atoms with van der Waals surface area (Å²) in [5.74, 6) is 0.720. The largest absolute Gasteiger partial charge is 0.353 e. The van der Waals surface area contributed by atoms with Gasteiger partial charge in [-0.3, -0.25) is 4.79 Å². The number of thiophene rings is 1. The van der Waals surface area contributed by atoms with Crippen LogP contribution in [0.1, 0.15) is 52.9 Å². The van der Waals surface area contributed by atoms with Crippen LogP contribution >= 0.6 is 27.3 Å². The lowest BCUT2D eigenvalue weighted by Crippen LogP contribution is -2.50. The molecule has 3 unspecified atom stereocenters. The Morgan fingerprint density at radius 3 is 2.39 bits per heavy atom. The fraction of sp³-hybridized carbons (Fsp3) is 0.750. The maximum Gasteiger partial charge on any atom is 0.252 e. The van der Waals surface area contributed by atoms with Gasteiger partial charge < -0.3 is 5.32 Å². The standard InChI is InChI=1S/C20H29BrN2O3S2/c1-19(2)14-6-9-20(19,3)15(12-14)22-18(24)13-7-10-23(11-8-13)28(25,26)17-5-4-16(21)27-17/h4-5,13-15H,6-12H2,1-3H3,(H,22,24). The maximum absolute atomic E-state index is 12.9. The van der Waals surface area contributed by atoms with Gasteiger partial charge in [-0.1, -0.05) is 20.8 Å². The van der Waals surface area contributed by atoms with Gasteiger partial charge in [0.1, 0.15) is 4.21 Å². The van der Waals surface area contributed by atoms with Crippen LogP contribution < -0.4 is 5.32 Å². The number of amides is 1. The van der Waals surface area contributed by atoms with Gasteiger partial charge >= 0.3 is 0 Å². The molecule has 1 saturated heterocycles. The van der Waals surface area contributed by atoms with Gasteiger partial charge in [0.05, 0.1) is 3.79 Å². The van der Waals surface area contributed by atoms with E-state index in [1.165, 1.54) is 28.5 Å². The molecule has 156 valence electrons. The number of sulfonamides is 1. The van der Waals surface area contributed by atoms with Crippen LogP contribution in [0.3, 0.4) is 0 Å². The van der Waals surface area contributed by atoms with Crippen LogP contribution in [0.25, 0.3) is 0 Å². The molecule has 2 bridgehead atoms. The quantitative estimate of drug-likeness (QED) is 0.688. The topological polar surface area (TPSA) is 66.5 Å². The van der Waals surface area contributed by atoms with Gasteiger partial charge in [0.2, 0.25) is 5.91 Å². The Bertz CT molecular complexity index is 874. The van der Waals surface area contributed by atoms with Gasteiger partial charge in [-0.05, 0) is 76.9 Å². The highest BCUT2D eigenvalue weighted by Gasteiger charge is 2.61. The minimum Gasteiger partial charge on any atom is -0.353 e. The number of nitrogens with zero attached hydrogens (tertiary/aromatic N) is 1. The van der Waals surface area contributed by atoms with Crippen LogP contribution in [-0.2, 0) is 14.8 Å². The fourth-order valence-electron chi connectivity index (χ4n) is 5.63. The Morgan fingerprint density at radius 2 is 1.89 bits per heavy atom. The third kappa shape index (κ3) is 3.19. The van der Waals surface area contributed by atoms with Crippen molar-refractivity contribution >= 4 is 43.2 Å². The smallest absolute Gasteiger partial charge is 0.252 e. The molecule has 1 aromatic heterocycles. The number of rotatable bonds is 4. The molecule has 1 N–H and O–H groups in total. The van der Waals surface area contributed by atoms with Crippen LogP contribution in [0, 0.1) is 22.7 Å². The SMILES string of the molecule is CC1(C)C2CCC1(C)C(NC(=O)C1CCN(S(=O)(=O)c3ccc(Br)s3)CC1)C2. The third-order valence-electron chi connectivity index (χ3n) is 8.08. The number of fused-ring (bicyclic) bond motifs is 2. The average Bonchev–Trinajstić information content (AvgIpc) is 3.24. The summed E-state index contributed by atoms with van der Waals surface area (Å²) in [6.07, 6.45) is 4.71. The maximum atomic E-state index is 12.9. The third-order valence-corrected chi connectivity index (χ3v) is 12.1. The molecule has 3 fully saturated rings. The van der Waals surface area contributed by atoms with Gasteiger partial charge in [0, 0.05) is 25.0 Å². The molecule has 5 nitrogen and oxygen atoms in total. The molecule has 1 aromatic rings. The number of nitrogens with one attached hydrogen (secondary N) is 1. The van der Waals surface area contributed by atoms with E-state index in [1.54, 1.807) is 12.1 Å². The average molecular weight is 490 g/mol. The minimum atomic E-state index is -3.45. The van der Waals surface area contributed by atoms with Crippen LogP contribution in [0.4, 0.5) is 0 Å². The van der Waals surface area contributed by atoms with E-state index in [0.29, 0.717) is 36.1 Å². The lowest BCUT2D eigenvalue weighted by molar-refractivity contribution is -0.127. The molecule has 1 aliphatic heterocycles. The Kier molecular flexibility index (Phi) is 5.25. The molecule has 28 heavy (non-hydrogen) atoms. The zero-order valence-electron chi connectivity index (χ0n) is 16.7. The van der Waals surface area contributed by atoms with Crippen molar-refractivity contribution in [2.75, 3.05) is 13.1 Å². The first-order valence-electron chi connectivity index (χ1n) is 10.1. The van der Waals surface area contributed by atoms with Crippen molar-refractivity contribution in [3.63, 3.8) is 0 Å². The second-order valence-corrected chi connectivity index (χ2v) is 14.0.